The van der Waals surface area contributed by atoms with Crippen LogP contribution in [0.3, 0.4) is 0 Å². The molecule has 0 atom stereocenters. The van der Waals surface area contributed by atoms with Gasteiger partial charge in [0.1, 0.15) is 17.1 Å². The lowest BCUT2D eigenvalue weighted by Gasteiger charge is -2.11. The van der Waals surface area contributed by atoms with Gasteiger partial charge < -0.3 is 4.74 Å². The third-order valence-electron chi connectivity index (χ3n) is 5.05. The first-order valence-electron chi connectivity index (χ1n) is 9.66. The molecule has 0 radical (unpaired) electrons. The van der Waals surface area contributed by atoms with Gasteiger partial charge in [-0.1, -0.05) is 42.5 Å². The summed E-state index contributed by atoms with van der Waals surface area (Å²) in [6, 6.07) is 24.5. The Bertz CT molecular complexity index is 1340. The third-order valence-corrected chi connectivity index (χ3v) is 6.17. The molecule has 5 rings (SSSR count). The predicted octanol–water partition coefficient (Wildman–Crippen LogP) is 6.40. The number of pyridine rings is 1. The summed E-state index contributed by atoms with van der Waals surface area (Å²) in [7, 11) is 1.68. The number of aromatic nitrogens is 3. The molecule has 5 heteroatoms. The SMILES string of the molecule is COc1ccccc1-c1nnc(-c2ccc(-c3ccc(C)cn3)s2)c2ccccc12. The molecule has 0 bridgehead atoms. The van der Waals surface area contributed by atoms with Crippen LogP contribution in [0.5, 0.6) is 5.75 Å². The molecule has 5 aromatic rings. The highest BCUT2D eigenvalue weighted by atomic mass is 32.1. The Hall–Kier alpha value is -3.57. The number of benzene rings is 2. The van der Waals surface area contributed by atoms with Gasteiger partial charge in [-0.2, -0.15) is 0 Å². The highest BCUT2D eigenvalue weighted by molar-refractivity contribution is 7.18. The van der Waals surface area contributed by atoms with Crippen molar-refractivity contribution < 1.29 is 4.74 Å². The fourth-order valence-electron chi connectivity index (χ4n) is 3.54. The molecular formula is C25H19N3OS. The number of hydrogen-bond donors (Lipinski definition) is 0. The van der Waals surface area contributed by atoms with Crippen molar-refractivity contribution in [1.29, 1.82) is 0 Å². The zero-order chi connectivity index (χ0) is 20.5. The van der Waals surface area contributed by atoms with Crippen LogP contribution in [0, 0.1) is 6.92 Å². The van der Waals surface area contributed by atoms with Crippen molar-refractivity contribution in [3.05, 3.63) is 84.6 Å². The molecule has 3 aromatic heterocycles. The highest BCUT2D eigenvalue weighted by Crippen LogP contribution is 2.39. The number of thiophene rings is 1. The summed E-state index contributed by atoms with van der Waals surface area (Å²) in [5, 5.41) is 11.4. The van der Waals surface area contributed by atoms with Crippen LogP contribution in [-0.4, -0.2) is 22.3 Å². The van der Waals surface area contributed by atoms with Crippen LogP contribution in [0.4, 0.5) is 0 Å². The molecule has 4 nitrogen and oxygen atoms in total. The average molecular weight is 410 g/mol. The highest BCUT2D eigenvalue weighted by Gasteiger charge is 2.16. The summed E-state index contributed by atoms with van der Waals surface area (Å²) in [6.07, 6.45) is 1.89. The number of ether oxygens (including phenoxy) is 1. The fourth-order valence-corrected chi connectivity index (χ4v) is 4.52. The van der Waals surface area contributed by atoms with E-state index in [1.165, 1.54) is 0 Å². The van der Waals surface area contributed by atoms with Crippen LogP contribution in [0.2, 0.25) is 0 Å². The second kappa shape index (κ2) is 7.69. The smallest absolute Gasteiger partial charge is 0.128 e. The number of nitrogens with zero attached hydrogens (tertiary/aromatic N) is 3. The molecule has 146 valence electrons. The van der Waals surface area contributed by atoms with Crippen molar-refractivity contribution >= 4 is 22.1 Å². The summed E-state index contributed by atoms with van der Waals surface area (Å²) in [5.74, 6) is 0.786. The molecule has 0 N–H and O–H groups in total. The van der Waals surface area contributed by atoms with E-state index in [2.05, 4.69) is 51.6 Å². The van der Waals surface area contributed by atoms with E-state index in [4.69, 9.17) is 4.74 Å². The van der Waals surface area contributed by atoms with E-state index in [0.717, 1.165) is 54.5 Å². The van der Waals surface area contributed by atoms with E-state index < -0.39 is 0 Å². The number of methoxy groups -OCH3 is 1. The van der Waals surface area contributed by atoms with Crippen molar-refractivity contribution in [3.8, 4) is 38.1 Å². The van der Waals surface area contributed by atoms with Gasteiger partial charge in [-0.25, -0.2) is 0 Å². The van der Waals surface area contributed by atoms with E-state index in [1.54, 1.807) is 18.4 Å². The normalized spacial score (nSPS) is 11.0. The van der Waals surface area contributed by atoms with Crippen molar-refractivity contribution in [1.82, 2.24) is 15.2 Å². The van der Waals surface area contributed by atoms with Gasteiger partial charge in [-0.05, 0) is 42.8 Å². The molecule has 0 aliphatic rings. The molecule has 2 aromatic carbocycles. The monoisotopic (exact) mass is 409 g/mol. The lowest BCUT2D eigenvalue weighted by Crippen LogP contribution is -1.95. The Morgan fingerprint density at radius 1 is 0.733 bits per heavy atom. The van der Waals surface area contributed by atoms with Crippen molar-refractivity contribution in [3.63, 3.8) is 0 Å². The maximum Gasteiger partial charge on any atom is 0.128 e. The minimum absolute atomic E-state index is 0.786. The summed E-state index contributed by atoms with van der Waals surface area (Å²) in [6.45, 7) is 2.04. The lowest BCUT2D eigenvalue weighted by atomic mass is 10.0. The van der Waals surface area contributed by atoms with E-state index in [0.29, 0.717) is 0 Å². The number of rotatable bonds is 4. The number of hydrogen-bond acceptors (Lipinski definition) is 5. The Morgan fingerprint density at radius 3 is 2.20 bits per heavy atom. The zero-order valence-corrected chi connectivity index (χ0v) is 17.5. The van der Waals surface area contributed by atoms with Gasteiger partial charge in [-0.15, -0.1) is 21.5 Å². The van der Waals surface area contributed by atoms with Gasteiger partial charge in [0.05, 0.1) is 22.6 Å². The molecule has 0 spiro atoms. The Labute approximate surface area is 178 Å². The molecule has 0 amide bonds. The van der Waals surface area contributed by atoms with E-state index in [1.807, 2.05) is 49.5 Å². The molecule has 0 saturated carbocycles. The van der Waals surface area contributed by atoms with Crippen molar-refractivity contribution in [2.24, 2.45) is 0 Å². The maximum atomic E-state index is 5.55. The Kier molecular flexibility index (Phi) is 4.73. The van der Waals surface area contributed by atoms with E-state index in [-0.39, 0.29) is 0 Å². The summed E-state index contributed by atoms with van der Waals surface area (Å²) in [4.78, 5) is 6.74. The minimum atomic E-state index is 0.786. The number of aryl methyl sites for hydroxylation is 1. The second-order valence-electron chi connectivity index (χ2n) is 7.03. The molecule has 0 aliphatic heterocycles. The van der Waals surface area contributed by atoms with Gasteiger partial charge in [0.2, 0.25) is 0 Å². The topological polar surface area (TPSA) is 47.9 Å². The van der Waals surface area contributed by atoms with Crippen LogP contribution >= 0.6 is 11.3 Å². The maximum absolute atomic E-state index is 5.55. The van der Waals surface area contributed by atoms with Gasteiger partial charge in [-0.3, -0.25) is 4.98 Å². The quantitative estimate of drug-likeness (QED) is 0.344. The first-order chi connectivity index (χ1) is 14.7. The zero-order valence-electron chi connectivity index (χ0n) is 16.7. The fraction of sp³-hybridized carbons (Fsp3) is 0.0800. The second-order valence-corrected chi connectivity index (χ2v) is 8.11. The summed E-state index contributed by atoms with van der Waals surface area (Å²) >= 11 is 1.68. The summed E-state index contributed by atoms with van der Waals surface area (Å²) in [5.41, 5.74) is 4.77. The van der Waals surface area contributed by atoms with Gasteiger partial charge >= 0.3 is 0 Å². The first kappa shape index (κ1) is 18.5. The average Bonchev–Trinajstić information content (AvgIpc) is 3.29. The van der Waals surface area contributed by atoms with Crippen molar-refractivity contribution in [2.75, 3.05) is 7.11 Å². The lowest BCUT2D eigenvalue weighted by molar-refractivity contribution is 0.416. The van der Waals surface area contributed by atoms with Gasteiger partial charge in [0.15, 0.2) is 0 Å². The number of para-hydroxylation sites is 1. The van der Waals surface area contributed by atoms with Gasteiger partial charge in [0, 0.05) is 22.5 Å². The Balaban J connectivity index is 1.65. The van der Waals surface area contributed by atoms with Crippen LogP contribution in [-0.2, 0) is 0 Å². The number of fused-ring (bicyclic) bond motifs is 1. The molecule has 0 saturated heterocycles. The minimum Gasteiger partial charge on any atom is -0.496 e. The van der Waals surface area contributed by atoms with E-state index >= 15 is 0 Å². The molecule has 0 unspecified atom stereocenters. The standard InChI is InChI=1S/C25H19N3OS/c1-16-11-12-20(26-15-16)22-13-14-23(30-22)25-18-8-4-3-7-17(18)24(27-28-25)19-9-5-6-10-21(19)29-2/h3-15H,1-2H3. The first-order valence-corrected chi connectivity index (χ1v) is 10.5. The molecule has 3 heterocycles. The molecule has 0 aliphatic carbocycles. The summed E-state index contributed by atoms with van der Waals surface area (Å²) < 4.78 is 5.55. The van der Waals surface area contributed by atoms with Crippen LogP contribution in [0.25, 0.3) is 43.2 Å². The van der Waals surface area contributed by atoms with Crippen LogP contribution < -0.4 is 4.74 Å². The van der Waals surface area contributed by atoms with Gasteiger partial charge in [0.25, 0.3) is 0 Å². The molecule has 30 heavy (non-hydrogen) atoms. The predicted molar refractivity (Wildman–Crippen MR) is 123 cm³/mol. The Morgan fingerprint density at radius 2 is 1.43 bits per heavy atom. The third kappa shape index (κ3) is 3.23. The van der Waals surface area contributed by atoms with E-state index in [9.17, 15) is 0 Å². The largest absolute Gasteiger partial charge is 0.496 e. The van der Waals surface area contributed by atoms with Crippen LogP contribution in [0.15, 0.2) is 79.0 Å². The van der Waals surface area contributed by atoms with Crippen LogP contribution in [0.1, 0.15) is 5.56 Å². The molecule has 0 fully saturated rings. The van der Waals surface area contributed by atoms with Crippen molar-refractivity contribution in [2.45, 2.75) is 6.92 Å². The molecular weight excluding hydrogens is 390 g/mol.